The molecule has 2 heterocycles. The maximum absolute atomic E-state index is 13.3. The lowest BCUT2D eigenvalue weighted by atomic mass is 9.98. The molecule has 0 bridgehead atoms. The van der Waals surface area contributed by atoms with Crippen LogP contribution in [-0.4, -0.2) is 51.5 Å². The maximum atomic E-state index is 13.3. The normalized spacial score (nSPS) is 17.6. The van der Waals surface area contributed by atoms with Crippen molar-refractivity contribution in [3.05, 3.63) is 53.6 Å². The lowest BCUT2D eigenvalue weighted by Gasteiger charge is -2.35. The minimum atomic E-state index is -3.78. The van der Waals surface area contributed by atoms with Crippen LogP contribution >= 0.6 is 0 Å². The summed E-state index contributed by atoms with van der Waals surface area (Å²) >= 11 is 0. The number of sulfonamides is 1. The van der Waals surface area contributed by atoms with E-state index >= 15 is 0 Å². The van der Waals surface area contributed by atoms with E-state index in [-0.39, 0.29) is 10.6 Å². The van der Waals surface area contributed by atoms with Crippen molar-refractivity contribution in [3.63, 3.8) is 0 Å². The molecular formula is C20H25N5O3S. The van der Waals surface area contributed by atoms with Crippen LogP contribution in [0.2, 0.25) is 0 Å². The number of carbonyl (C=O) groups excluding carboxylic acids is 1. The first-order valence-corrected chi connectivity index (χ1v) is 11.1. The minimum Gasteiger partial charge on any atom is -0.369 e. The van der Waals surface area contributed by atoms with Gasteiger partial charge in [0, 0.05) is 45.0 Å². The van der Waals surface area contributed by atoms with E-state index in [1.807, 2.05) is 12.1 Å². The Hall–Kier alpha value is -2.62. The molecule has 8 nitrogen and oxygen atoms in total. The summed E-state index contributed by atoms with van der Waals surface area (Å²) in [5, 5.41) is 5.77. The second-order valence-electron chi connectivity index (χ2n) is 7.23. The smallest absolute Gasteiger partial charge is 0.316 e. The number of carbonyl (C=O) groups is 1. The van der Waals surface area contributed by atoms with Gasteiger partial charge in [0.1, 0.15) is 4.90 Å². The average molecular weight is 416 g/mol. The van der Waals surface area contributed by atoms with Gasteiger partial charge in [-0.2, -0.15) is 4.31 Å². The van der Waals surface area contributed by atoms with Gasteiger partial charge in [-0.3, -0.25) is 0 Å². The Kier molecular flexibility index (Phi) is 5.44. The van der Waals surface area contributed by atoms with E-state index in [1.54, 1.807) is 12.1 Å². The lowest BCUT2D eigenvalue weighted by molar-refractivity contribution is 0.259. The van der Waals surface area contributed by atoms with Crippen molar-refractivity contribution >= 4 is 27.4 Å². The van der Waals surface area contributed by atoms with Gasteiger partial charge in [-0.05, 0) is 35.7 Å². The highest BCUT2D eigenvalue weighted by atomic mass is 32.2. The Morgan fingerprint density at radius 2 is 1.79 bits per heavy atom. The average Bonchev–Trinajstić information content (AvgIpc) is 2.73. The molecule has 4 rings (SSSR count). The first kappa shape index (κ1) is 19.7. The van der Waals surface area contributed by atoms with E-state index < -0.39 is 16.1 Å². The van der Waals surface area contributed by atoms with Gasteiger partial charge < -0.3 is 21.3 Å². The van der Waals surface area contributed by atoms with Crippen LogP contribution in [0.15, 0.2) is 47.4 Å². The van der Waals surface area contributed by atoms with E-state index in [2.05, 4.69) is 21.6 Å². The zero-order chi connectivity index (χ0) is 20.4. The highest BCUT2D eigenvalue weighted by Crippen LogP contribution is 2.33. The second-order valence-corrected chi connectivity index (χ2v) is 9.13. The molecule has 0 saturated carbocycles. The van der Waals surface area contributed by atoms with Gasteiger partial charge in [0.2, 0.25) is 10.0 Å². The number of nitrogens with two attached hydrogens (primary N) is 1. The third-order valence-corrected chi connectivity index (χ3v) is 7.33. The molecule has 0 atom stereocenters. The molecule has 1 fully saturated rings. The number of hydrogen-bond donors (Lipinski definition) is 3. The molecule has 2 aromatic rings. The van der Waals surface area contributed by atoms with E-state index in [0.29, 0.717) is 19.5 Å². The van der Waals surface area contributed by atoms with Crippen molar-refractivity contribution in [3.8, 4) is 0 Å². The van der Waals surface area contributed by atoms with Crippen LogP contribution < -0.4 is 21.3 Å². The molecule has 29 heavy (non-hydrogen) atoms. The van der Waals surface area contributed by atoms with Crippen molar-refractivity contribution < 1.29 is 13.2 Å². The molecule has 0 aliphatic carbocycles. The molecule has 154 valence electrons. The van der Waals surface area contributed by atoms with Crippen molar-refractivity contribution in [1.82, 2.24) is 9.62 Å². The van der Waals surface area contributed by atoms with Crippen molar-refractivity contribution in [2.75, 3.05) is 42.9 Å². The number of fused-ring (bicyclic) bond motifs is 1. The molecule has 1 saturated heterocycles. The first-order chi connectivity index (χ1) is 14.0. The fourth-order valence-electron chi connectivity index (χ4n) is 4.04. The van der Waals surface area contributed by atoms with E-state index in [0.717, 1.165) is 31.7 Å². The molecule has 2 aliphatic rings. The van der Waals surface area contributed by atoms with Gasteiger partial charge in [-0.1, -0.05) is 24.3 Å². The van der Waals surface area contributed by atoms with Gasteiger partial charge in [0.25, 0.3) is 0 Å². The Balaban J connectivity index is 1.63. The van der Waals surface area contributed by atoms with Gasteiger partial charge in [0.05, 0.1) is 5.69 Å². The highest BCUT2D eigenvalue weighted by Gasteiger charge is 2.31. The zero-order valence-electron chi connectivity index (χ0n) is 16.1. The molecule has 0 spiro atoms. The number of primary amides is 1. The van der Waals surface area contributed by atoms with Crippen LogP contribution in [-0.2, 0) is 23.0 Å². The fourth-order valence-corrected chi connectivity index (χ4v) is 5.60. The summed E-state index contributed by atoms with van der Waals surface area (Å²) in [4.78, 5) is 13.7. The predicted octanol–water partition coefficient (Wildman–Crippen LogP) is 1.33. The molecule has 2 amide bonds. The number of nitrogens with one attached hydrogen (secondary N) is 2. The van der Waals surface area contributed by atoms with Crippen LogP contribution in [0.3, 0.4) is 0 Å². The Labute approximate surface area is 170 Å². The summed E-state index contributed by atoms with van der Waals surface area (Å²) in [7, 11) is -3.78. The lowest BCUT2D eigenvalue weighted by Crippen LogP contribution is -2.44. The summed E-state index contributed by atoms with van der Waals surface area (Å²) in [6.07, 6.45) is 0.653. The fraction of sp³-hybridized carbons (Fsp3) is 0.350. The Bertz CT molecular complexity index is 1020. The summed E-state index contributed by atoms with van der Waals surface area (Å²) in [5.74, 6) is 0. The molecule has 0 aromatic heterocycles. The maximum Gasteiger partial charge on any atom is 0.316 e. The van der Waals surface area contributed by atoms with Crippen LogP contribution in [0.25, 0.3) is 0 Å². The molecule has 4 N–H and O–H groups in total. The molecule has 2 aliphatic heterocycles. The van der Waals surface area contributed by atoms with Gasteiger partial charge in [-0.15, -0.1) is 0 Å². The summed E-state index contributed by atoms with van der Waals surface area (Å²) in [6.45, 7) is 4.50. The van der Waals surface area contributed by atoms with Crippen molar-refractivity contribution in [1.29, 1.82) is 0 Å². The molecule has 2 aromatic carbocycles. The zero-order valence-corrected chi connectivity index (χ0v) is 16.9. The number of para-hydroxylation sites is 1. The standard InChI is InChI=1S/C20H25N5O3S/c21-20(26)23-17-5-1-2-7-19(17)29(27,28)25-11-8-16-15(14-25)4-3-6-18(16)24-12-9-22-10-13-24/h1-7,22H,8-14H2,(H3,21,23,26). The second kappa shape index (κ2) is 8.02. The molecule has 9 heteroatoms. The Morgan fingerprint density at radius 1 is 1.03 bits per heavy atom. The SMILES string of the molecule is NC(=O)Nc1ccccc1S(=O)(=O)N1CCc2c(cccc2N2CCNCC2)C1. The quantitative estimate of drug-likeness (QED) is 0.698. The molecule has 0 radical (unpaired) electrons. The number of hydrogen-bond acceptors (Lipinski definition) is 5. The number of piperazine rings is 1. The monoisotopic (exact) mass is 415 g/mol. The van der Waals surface area contributed by atoms with Gasteiger partial charge in [0.15, 0.2) is 0 Å². The topological polar surface area (TPSA) is 108 Å². The third-order valence-electron chi connectivity index (χ3n) is 5.43. The largest absolute Gasteiger partial charge is 0.369 e. The predicted molar refractivity (Wildman–Crippen MR) is 112 cm³/mol. The summed E-state index contributed by atoms with van der Waals surface area (Å²) < 4.78 is 28.1. The van der Waals surface area contributed by atoms with E-state index in [1.165, 1.54) is 27.7 Å². The van der Waals surface area contributed by atoms with Crippen molar-refractivity contribution in [2.24, 2.45) is 5.73 Å². The third kappa shape index (κ3) is 3.93. The summed E-state index contributed by atoms with van der Waals surface area (Å²) in [6, 6.07) is 11.7. The number of benzene rings is 2. The van der Waals surface area contributed by atoms with E-state index in [9.17, 15) is 13.2 Å². The highest BCUT2D eigenvalue weighted by molar-refractivity contribution is 7.89. The first-order valence-electron chi connectivity index (χ1n) is 9.69. The van der Waals surface area contributed by atoms with Crippen LogP contribution in [0.4, 0.5) is 16.2 Å². The van der Waals surface area contributed by atoms with Gasteiger partial charge >= 0.3 is 6.03 Å². The van der Waals surface area contributed by atoms with Crippen LogP contribution in [0.5, 0.6) is 0 Å². The summed E-state index contributed by atoms with van der Waals surface area (Å²) in [5.41, 5.74) is 8.85. The number of rotatable bonds is 4. The number of anilines is 2. The number of nitrogens with zero attached hydrogens (tertiary/aromatic N) is 2. The number of amides is 2. The molecule has 0 unspecified atom stereocenters. The van der Waals surface area contributed by atoms with Crippen LogP contribution in [0.1, 0.15) is 11.1 Å². The van der Waals surface area contributed by atoms with Gasteiger partial charge in [-0.25, -0.2) is 13.2 Å². The van der Waals surface area contributed by atoms with E-state index in [4.69, 9.17) is 5.73 Å². The minimum absolute atomic E-state index is 0.0560. The Morgan fingerprint density at radius 3 is 2.55 bits per heavy atom. The van der Waals surface area contributed by atoms with Crippen molar-refractivity contribution in [2.45, 2.75) is 17.9 Å². The number of urea groups is 1. The molecular weight excluding hydrogens is 390 g/mol. The van der Waals surface area contributed by atoms with Crippen LogP contribution in [0, 0.1) is 0 Å².